The highest BCUT2D eigenvalue weighted by Crippen LogP contribution is 2.26. The molecule has 2 heterocycles. The summed E-state index contributed by atoms with van der Waals surface area (Å²) in [5.74, 6) is 0.587. The number of hydrogen-bond donors (Lipinski definition) is 3. The number of pyridine rings is 1. The first-order chi connectivity index (χ1) is 10.2. The van der Waals surface area contributed by atoms with E-state index in [1.807, 2.05) is 6.07 Å². The van der Waals surface area contributed by atoms with Crippen molar-refractivity contribution in [2.75, 3.05) is 24.2 Å². The molecule has 1 aromatic rings. The molecule has 0 bridgehead atoms. The number of nitriles is 1. The van der Waals surface area contributed by atoms with Crippen molar-refractivity contribution in [3.05, 3.63) is 11.6 Å². The minimum atomic E-state index is -0.346. The number of nitrogens with one attached hydrogen (secondary N) is 2. The molecule has 4 N–H and O–H groups in total. The summed E-state index contributed by atoms with van der Waals surface area (Å²) in [5.41, 5.74) is 6.35. The highest BCUT2D eigenvalue weighted by Gasteiger charge is 2.22. The Kier molecular flexibility index (Phi) is 4.82. The molecule has 0 spiro atoms. The van der Waals surface area contributed by atoms with Crippen LogP contribution in [0.4, 0.5) is 11.5 Å². The van der Waals surface area contributed by atoms with Crippen LogP contribution in [0, 0.1) is 11.3 Å². The third-order valence-corrected chi connectivity index (χ3v) is 3.27. The molecule has 0 saturated carbocycles. The smallest absolute Gasteiger partial charge is 0.242 e. The normalized spacial score (nSPS) is 18.3. The van der Waals surface area contributed by atoms with Crippen molar-refractivity contribution in [3.8, 4) is 11.9 Å². The zero-order chi connectivity index (χ0) is 15.2. The van der Waals surface area contributed by atoms with E-state index in [1.54, 1.807) is 13.0 Å². The van der Waals surface area contributed by atoms with Gasteiger partial charge in [0, 0.05) is 12.6 Å². The van der Waals surface area contributed by atoms with Crippen LogP contribution in [0.2, 0.25) is 0 Å². The van der Waals surface area contributed by atoms with Crippen LogP contribution in [-0.4, -0.2) is 30.1 Å². The second-order valence-corrected chi connectivity index (χ2v) is 4.81. The Morgan fingerprint density at radius 2 is 2.43 bits per heavy atom. The van der Waals surface area contributed by atoms with Gasteiger partial charge in [-0.05, 0) is 26.2 Å². The average Bonchev–Trinajstić information content (AvgIpc) is 2.64. The van der Waals surface area contributed by atoms with Crippen LogP contribution in [0.3, 0.4) is 0 Å². The summed E-state index contributed by atoms with van der Waals surface area (Å²) in [7, 11) is 0. The predicted octanol–water partition coefficient (Wildman–Crippen LogP) is 1.01. The van der Waals surface area contributed by atoms with E-state index in [-0.39, 0.29) is 29.1 Å². The van der Waals surface area contributed by atoms with Crippen molar-refractivity contribution in [1.29, 1.82) is 5.26 Å². The Bertz CT molecular complexity index is 567. The lowest BCUT2D eigenvalue weighted by Gasteiger charge is -2.17. The highest BCUT2D eigenvalue weighted by atomic mass is 16.5. The molecule has 1 atom stereocenters. The first-order valence-electron chi connectivity index (χ1n) is 7.03. The van der Waals surface area contributed by atoms with Crippen LogP contribution >= 0.6 is 0 Å². The number of rotatable bonds is 4. The van der Waals surface area contributed by atoms with E-state index < -0.39 is 0 Å². The van der Waals surface area contributed by atoms with Gasteiger partial charge in [0.2, 0.25) is 11.8 Å². The minimum Gasteiger partial charge on any atom is -0.477 e. The molecule has 7 nitrogen and oxygen atoms in total. The molecule has 7 heteroatoms. The van der Waals surface area contributed by atoms with Crippen molar-refractivity contribution in [2.24, 2.45) is 0 Å². The topological polar surface area (TPSA) is 113 Å². The number of nitrogens with two attached hydrogens (primary N) is 1. The van der Waals surface area contributed by atoms with Gasteiger partial charge in [-0.3, -0.25) is 4.79 Å². The van der Waals surface area contributed by atoms with E-state index in [2.05, 4.69) is 15.6 Å². The van der Waals surface area contributed by atoms with E-state index in [0.29, 0.717) is 19.0 Å². The SMILES string of the molecule is CCOc1nc(NC2CCCCNC2=O)cc(N)c1C#N. The van der Waals surface area contributed by atoms with Gasteiger partial charge < -0.3 is 21.1 Å². The molecule has 2 rings (SSSR count). The maximum atomic E-state index is 11.9. The standard InChI is InChI=1S/C14H19N5O2/c1-2-21-14-9(8-15)10(16)7-12(19-14)18-11-5-3-4-6-17-13(11)20/h7,11H,2-6H2,1H3,(H,17,20)(H3,16,18,19). The number of ether oxygens (including phenoxy) is 1. The summed E-state index contributed by atoms with van der Waals surface area (Å²) in [6.45, 7) is 2.89. The van der Waals surface area contributed by atoms with Gasteiger partial charge in [-0.15, -0.1) is 0 Å². The maximum absolute atomic E-state index is 11.9. The first-order valence-corrected chi connectivity index (χ1v) is 7.03. The van der Waals surface area contributed by atoms with Crippen molar-refractivity contribution in [3.63, 3.8) is 0 Å². The third-order valence-electron chi connectivity index (χ3n) is 3.27. The second-order valence-electron chi connectivity index (χ2n) is 4.81. The maximum Gasteiger partial charge on any atom is 0.242 e. The lowest BCUT2D eigenvalue weighted by Crippen LogP contribution is -2.38. The van der Waals surface area contributed by atoms with Gasteiger partial charge in [0.1, 0.15) is 23.5 Å². The number of nitrogen functional groups attached to an aromatic ring is 1. The fraction of sp³-hybridized carbons (Fsp3) is 0.500. The first kappa shape index (κ1) is 14.9. The Labute approximate surface area is 123 Å². The Morgan fingerprint density at radius 3 is 3.14 bits per heavy atom. The largest absolute Gasteiger partial charge is 0.477 e. The summed E-state index contributed by atoms with van der Waals surface area (Å²) in [4.78, 5) is 16.2. The molecule has 1 amide bonds. The number of amides is 1. The summed E-state index contributed by atoms with van der Waals surface area (Å²) in [6.07, 6.45) is 2.66. The minimum absolute atomic E-state index is 0.0461. The molecular formula is C14H19N5O2. The number of carbonyl (C=O) groups excluding carboxylic acids is 1. The molecule has 0 aromatic carbocycles. The molecule has 1 aromatic heterocycles. The summed E-state index contributed by atoms with van der Waals surface area (Å²) in [5, 5.41) is 15.0. The fourth-order valence-electron chi connectivity index (χ4n) is 2.22. The van der Waals surface area contributed by atoms with Crippen LogP contribution < -0.4 is 21.1 Å². The Balaban J connectivity index is 2.23. The lowest BCUT2D eigenvalue weighted by molar-refractivity contribution is -0.121. The zero-order valence-electron chi connectivity index (χ0n) is 12.0. The van der Waals surface area contributed by atoms with Crippen molar-refractivity contribution in [2.45, 2.75) is 32.2 Å². The van der Waals surface area contributed by atoms with Crippen LogP contribution in [0.1, 0.15) is 31.7 Å². The highest BCUT2D eigenvalue weighted by molar-refractivity contribution is 5.84. The van der Waals surface area contributed by atoms with Crippen LogP contribution in [-0.2, 0) is 4.79 Å². The van der Waals surface area contributed by atoms with Crippen molar-refractivity contribution >= 4 is 17.4 Å². The predicted molar refractivity (Wildman–Crippen MR) is 78.8 cm³/mol. The monoisotopic (exact) mass is 289 g/mol. The second kappa shape index (κ2) is 6.79. The van der Waals surface area contributed by atoms with Gasteiger partial charge in [-0.2, -0.15) is 10.2 Å². The zero-order valence-corrected chi connectivity index (χ0v) is 12.0. The van der Waals surface area contributed by atoms with Crippen molar-refractivity contribution < 1.29 is 9.53 Å². The van der Waals surface area contributed by atoms with Gasteiger partial charge in [-0.1, -0.05) is 0 Å². The fourth-order valence-corrected chi connectivity index (χ4v) is 2.22. The number of aromatic nitrogens is 1. The summed E-state index contributed by atoms with van der Waals surface area (Å²) in [6, 6.07) is 3.19. The number of hydrogen-bond acceptors (Lipinski definition) is 6. The van der Waals surface area contributed by atoms with E-state index in [0.717, 1.165) is 19.3 Å². The number of carbonyl (C=O) groups is 1. The van der Waals surface area contributed by atoms with Crippen LogP contribution in [0.5, 0.6) is 5.88 Å². The van der Waals surface area contributed by atoms with Crippen molar-refractivity contribution in [1.82, 2.24) is 10.3 Å². The van der Waals surface area contributed by atoms with Gasteiger partial charge in [-0.25, -0.2) is 0 Å². The molecular weight excluding hydrogens is 270 g/mol. The van der Waals surface area contributed by atoms with Gasteiger partial charge in [0.15, 0.2) is 0 Å². The van der Waals surface area contributed by atoms with E-state index in [9.17, 15) is 4.79 Å². The molecule has 1 unspecified atom stereocenters. The van der Waals surface area contributed by atoms with E-state index in [1.165, 1.54) is 0 Å². The molecule has 21 heavy (non-hydrogen) atoms. The number of anilines is 2. The molecule has 0 radical (unpaired) electrons. The lowest BCUT2D eigenvalue weighted by atomic mass is 10.1. The quantitative estimate of drug-likeness (QED) is 0.762. The average molecular weight is 289 g/mol. The molecule has 1 fully saturated rings. The third kappa shape index (κ3) is 3.54. The van der Waals surface area contributed by atoms with Gasteiger partial charge >= 0.3 is 0 Å². The Morgan fingerprint density at radius 1 is 1.62 bits per heavy atom. The van der Waals surface area contributed by atoms with Crippen LogP contribution in [0.25, 0.3) is 0 Å². The summed E-state index contributed by atoms with van der Waals surface area (Å²) < 4.78 is 5.34. The molecule has 1 saturated heterocycles. The molecule has 1 aliphatic heterocycles. The molecule has 112 valence electrons. The van der Waals surface area contributed by atoms with Crippen LogP contribution in [0.15, 0.2) is 6.07 Å². The Hall–Kier alpha value is -2.49. The van der Waals surface area contributed by atoms with E-state index in [4.69, 9.17) is 15.7 Å². The number of nitrogens with zero attached hydrogens (tertiary/aromatic N) is 2. The molecule has 0 aliphatic carbocycles. The molecule has 1 aliphatic rings. The van der Waals surface area contributed by atoms with Gasteiger partial charge in [0.05, 0.1) is 12.3 Å². The summed E-state index contributed by atoms with van der Waals surface area (Å²) >= 11 is 0. The van der Waals surface area contributed by atoms with Gasteiger partial charge in [0.25, 0.3) is 0 Å². The van der Waals surface area contributed by atoms with E-state index >= 15 is 0 Å².